The molecule has 0 spiro atoms. The van der Waals surface area contributed by atoms with Gasteiger partial charge in [0.05, 0.1) is 43.1 Å². The summed E-state index contributed by atoms with van der Waals surface area (Å²) in [5, 5.41) is 0. The molecule has 47 heavy (non-hydrogen) atoms. The molecule has 0 fully saturated rings. The van der Waals surface area contributed by atoms with Crippen LogP contribution >= 0.6 is 0 Å². The second kappa shape index (κ2) is 19.6. The fourth-order valence-corrected chi connectivity index (χ4v) is 3.86. The van der Waals surface area contributed by atoms with Crippen LogP contribution < -0.4 is 14.2 Å². The number of esters is 5. The van der Waals surface area contributed by atoms with Gasteiger partial charge >= 0.3 is 29.8 Å². The Morgan fingerprint density at radius 2 is 0.830 bits per heavy atom. The third-order valence-electron chi connectivity index (χ3n) is 6.34. The number of carbonyl (C=O) groups excluding carboxylic acids is 5. The molecule has 0 aliphatic rings. The van der Waals surface area contributed by atoms with Gasteiger partial charge in [0.15, 0.2) is 0 Å². The van der Waals surface area contributed by atoms with Crippen LogP contribution in [0.4, 0.5) is 0 Å². The zero-order valence-corrected chi connectivity index (χ0v) is 25.9. The molecule has 0 aliphatic heterocycles. The molecule has 0 N–H and O–H groups in total. The zero-order chi connectivity index (χ0) is 33.9. The van der Waals surface area contributed by atoms with Crippen molar-refractivity contribution in [1.29, 1.82) is 0 Å². The van der Waals surface area contributed by atoms with E-state index in [-0.39, 0.29) is 35.8 Å². The van der Waals surface area contributed by atoms with Gasteiger partial charge in [-0.2, -0.15) is 0 Å². The summed E-state index contributed by atoms with van der Waals surface area (Å²) in [7, 11) is 0. The Bertz CT molecular complexity index is 1510. The van der Waals surface area contributed by atoms with Crippen LogP contribution in [0.3, 0.4) is 0 Å². The van der Waals surface area contributed by atoms with Gasteiger partial charge in [0.2, 0.25) is 0 Å². The van der Waals surface area contributed by atoms with Crippen LogP contribution in [0.1, 0.15) is 63.2 Å². The first-order valence-corrected chi connectivity index (χ1v) is 14.9. The highest BCUT2D eigenvalue weighted by molar-refractivity contribution is 5.93. The van der Waals surface area contributed by atoms with Gasteiger partial charge < -0.3 is 28.4 Å². The standard InChI is InChI=1S/C36H36O11/c1-3-32(37)43-23-8-6-5-7-22-42-29-16-10-27(11-17-29)35(40)47-31-20-14-28(15-21-31)36(41)46-30-18-12-26(13-19-30)34(39)45-25-9-24-44-33(38)4-2/h3-4,10-21H,1-2,5-9,22-25H2. The normalized spacial score (nSPS) is 10.2. The molecular formula is C36H36O11. The molecule has 0 atom stereocenters. The maximum absolute atomic E-state index is 12.6. The number of hydrogen-bond acceptors (Lipinski definition) is 11. The minimum Gasteiger partial charge on any atom is -0.494 e. The summed E-state index contributed by atoms with van der Waals surface area (Å²) >= 11 is 0. The van der Waals surface area contributed by atoms with E-state index < -0.39 is 29.8 Å². The molecule has 11 heteroatoms. The molecule has 0 unspecified atom stereocenters. The van der Waals surface area contributed by atoms with E-state index in [1.807, 2.05) is 0 Å². The summed E-state index contributed by atoms with van der Waals surface area (Å²) in [4.78, 5) is 59.3. The fraction of sp³-hybridized carbons (Fsp3) is 0.250. The Morgan fingerprint density at radius 3 is 1.30 bits per heavy atom. The summed E-state index contributed by atoms with van der Waals surface area (Å²) in [6.45, 7) is 7.70. The maximum atomic E-state index is 12.6. The second-order valence-corrected chi connectivity index (χ2v) is 9.85. The third-order valence-corrected chi connectivity index (χ3v) is 6.34. The van der Waals surface area contributed by atoms with Gasteiger partial charge in [-0.3, -0.25) is 0 Å². The van der Waals surface area contributed by atoms with Crippen molar-refractivity contribution in [3.8, 4) is 17.2 Å². The first kappa shape index (κ1) is 35.8. The molecule has 0 radical (unpaired) electrons. The molecule has 11 nitrogen and oxygen atoms in total. The molecule has 3 aromatic carbocycles. The average Bonchev–Trinajstić information content (AvgIpc) is 3.09. The van der Waals surface area contributed by atoms with Crippen molar-refractivity contribution in [2.45, 2.75) is 32.1 Å². The van der Waals surface area contributed by atoms with Crippen molar-refractivity contribution in [2.75, 3.05) is 26.4 Å². The predicted molar refractivity (Wildman–Crippen MR) is 170 cm³/mol. The first-order chi connectivity index (χ1) is 22.8. The minimum absolute atomic E-state index is 0.0642. The van der Waals surface area contributed by atoms with Crippen LogP contribution in [-0.4, -0.2) is 56.3 Å². The van der Waals surface area contributed by atoms with E-state index in [2.05, 4.69) is 13.2 Å². The van der Waals surface area contributed by atoms with Crippen LogP contribution in [0.5, 0.6) is 17.2 Å². The van der Waals surface area contributed by atoms with Gasteiger partial charge in [-0.25, -0.2) is 24.0 Å². The smallest absolute Gasteiger partial charge is 0.343 e. The van der Waals surface area contributed by atoms with Crippen LogP contribution in [0, 0.1) is 0 Å². The third kappa shape index (κ3) is 13.0. The first-order valence-electron chi connectivity index (χ1n) is 14.9. The fourth-order valence-electron chi connectivity index (χ4n) is 3.86. The predicted octanol–water partition coefficient (Wildman–Crippen LogP) is 6.07. The molecule has 3 rings (SSSR count). The number of carbonyl (C=O) groups is 5. The van der Waals surface area contributed by atoms with Crippen molar-refractivity contribution in [3.63, 3.8) is 0 Å². The zero-order valence-electron chi connectivity index (χ0n) is 25.9. The molecule has 0 aliphatic carbocycles. The summed E-state index contributed by atoms with van der Waals surface area (Å²) in [6.07, 6.45) is 5.99. The highest BCUT2D eigenvalue weighted by Gasteiger charge is 2.13. The van der Waals surface area contributed by atoms with Crippen molar-refractivity contribution in [1.82, 2.24) is 0 Å². The van der Waals surface area contributed by atoms with Crippen LogP contribution in [0.2, 0.25) is 0 Å². The van der Waals surface area contributed by atoms with Crippen molar-refractivity contribution in [3.05, 3.63) is 115 Å². The molecule has 0 heterocycles. The lowest BCUT2D eigenvalue weighted by Crippen LogP contribution is -2.11. The number of benzene rings is 3. The largest absolute Gasteiger partial charge is 0.494 e. The molecular weight excluding hydrogens is 608 g/mol. The molecule has 246 valence electrons. The van der Waals surface area contributed by atoms with Crippen molar-refractivity contribution in [2.24, 2.45) is 0 Å². The average molecular weight is 645 g/mol. The molecule has 0 bridgehead atoms. The van der Waals surface area contributed by atoms with Gasteiger partial charge in [0.25, 0.3) is 0 Å². The maximum Gasteiger partial charge on any atom is 0.343 e. The highest BCUT2D eigenvalue weighted by Crippen LogP contribution is 2.19. The molecule has 3 aromatic rings. The lowest BCUT2D eigenvalue weighted by Gasteiger charge is -2.09. The Labute approximate surface area is 272 Å². The van der Waals surface area contributed by atoms with Gasteiger partial charge in [-0.05, 0) is 98.5 Å². The Morgan fingerprint density at radius 1 is 0.447 bits per heavy atom. The molecule has 0 saturated heterocycles. The van der Waals surface area contributed by atoms with Gasteiger partial charge in [0, 0.05) is 18.6 Å². The second-order valence-electron chi connectivity index (χ2n) is 9.85. The van der Waals surface area contributed by atoms with E-state index in [1.165, 1.54) is 48.5 Å². The molecule has 0 amide bonds. The lowest BCUT2D eigenvalue weighted by molar-refractivity contribution is -0.138. The minimum atomic E-state index is -0.642. The SMILES string of the molecule is C=CC(=O)OCCCCCCOc1ccc(C(=O)Oc2ccc(C(=O)Oc3ccc(C(=O)OCCCOC(=O)C=C)cc3)cc2)cc1. The van der Waals surface area contributed by atoms with E-state index in [1.54, 1.807) is 24.3 Å². The van der Waals surface area contributed by atoms with Gasteiger partial charge in [0.1, 0.15) is 17.2 Å². The van der Waals surface area contributed by atoms with Gasteiger partial charge in [-0.15, -0.1) is 0 Å². The van der Waals surface area contributed by atoms with Gasteiger partial charge in [-0.1, -0.05) is 13.2 Å². The van der Waals surface area contributed by atoms with Crippen LogP contribution in [0.25, 0.3) is 0 Å². The summed E-state index contributed by atoms with van der Waals surface area (Å²) in [6, 6.07) is 18.3. The Hall–Kier alpha value is -5.71. The monoisotopic (exact) mass is 644 g/mol. The Kier molecular flexibility index (Phi) is 14.9. The highest BCUT2D eigenvalue weighted by atomic mass is 16.6. The topological polar surface area (TPSA) is 141 Å². The number of ether oxygens (including phenoxy) is 6. The Balaban J connectivity index is 1.37. The quantitative estimate of drug-likeness (QED) is 0.0494. The van der Waals surface area contributed by atoms with E-state index in [4.69, 9.17) is 28.4 Å². The summed E-state index contributed by atoms with van der Waals surface area (Å²) < 4.78 is 31.4. The van der Waals surface area contributed by atoms with E-state index in [9.17, 15) is 24.0 Å². The molecule has 0 saturated carbocycles. The lowest BCUT2D eigenvalue weighted by atomic mass is 10.2. The number of rotatable bonds is 19. The van der Waals surface area contributed by atoms with E-state index in [0.717, 1.165) is 37.8 Å². The summed E-state index contributed by atoms with van der Waals surface area (Å²) in [5.41, 5.74) is 0.814. The van der Waals surface area contributed by atoms with Crippen LogP contribution in [0.15, 0.2) is 98.1 Å². The number of unbranched alkanes of at least 4 members (excludes halogenated alkanes) is 3. The molecule has 0 aromatic heterocycles. The summed E-state index contributed by atoms with van der Waals surface area (Å²) in [5.74, 6) is -1.66. The van der Waals surface area contributed by atoms with E-state index in [0.29, 0.717) is 30.9 Å². The van der Waals surface area contributed by atoms with Crippen LogP contribution in [-0.2, 0) is 23.8 Å². The van der Waals surface area contributed by atoms with Crippen molar-refractivity contribution >= 4 is 29.8 Å². The number of hydrogen-bond donors (Lipinski definition) is 0. The van der Waals surface area contributed by atoms with Crippen molar-refractivity contribution < 1.29 is 52.4 Å². The van der Waals surface area contributed by atoms with E-state index >= 15 is 0 Å².